The first-order valence-corrected chi connectivity index (χ1v) is 19.8. The molecule has 2 aliphatic rings. The van der Waals surface area contributed by atoms with Crippen LogP contribution in [0, 0.1) is 0 Å². The minimum atomic E-state index is -0.225. The van der Waals surface area contributed by atoms with Gasteiger partial charge in [0.05, 0.1) is 28.1 Å². The van der Waals surface area contributed by atoms with E-state index in [9.17, 15) is 0 Å². The molecule has 0 aliphatic carbocycles. The molecule has 2 heteroatoms. The highest BCUT2D eigenvalue weighted by atomic mass is 15.2. The topological polar surface area (TPSA) is 8.17 Å². The van der Waals surface area contributed by atoms with Gasteiger partial charge in [0.1, 0.15) is 0 Å². The maximum Gasteiger partial charge on any atom is 0.0582 e. The summed E-state index contributed by atoms with van der Waals surface area (Å²) in [6, 6.07) is 67.5. The van der Waals surface area contributed by atoms with Gasteiger partial charge in [-0.15, -0.1) is 0 Å². The van der Waals surface area contributed by atoms with E-state index in [0.717, 1.165) is 5.69 Å². The van der Waals surface area contributed by atoms with E-state index in [1.54, 1.807) is 0 Å². The van der Waals surface area contributed by atoms with Gasteiger partial charge in [-0.05, 0) is 104 Å². The summed E-state index contributed by atoms with van der Waals surface area (Å²) < 4.78 is 2.50. The van der Waals surface area contributed by atoms with Crippen molar-refractivity contribution in [2.45, 2.75) is 38.5 Å². The minimum absolute atomic E-state index is 0.0878. The minimum Gasteiger partial charge on any atom is -0.310 e. The fourth-order valence-electron chi connectivity index (χ4n) is 9.80. The highest BCUT2D eigenvalue weighted by Gasteiger charge is 2.38. The molecule has 0 bridgehead atoms. The molecule has 0 saturated carbocycles. The Bertz CT molecular complexity index is 3000. The van der Waals surface area contributed by atoms with Crippen molar-refractivity contribution in [2.75, 3.05) is 4.90 Å². The second kappa shape index (κ2) is 11.9. The zero-order valence-corrected chi connectivity index (χ0v) is 32.2. The van der Waals surface area contributed by atoms with E-state index in [4.69, 9.17) is 0 Å². The molecule has 0 N–H and O–H groups in total. The molecule has 0 saturated heterocycles. The molecular formula is C54H42N2. The fourth-order valence-corrected chi connectivity index (χ4v) is 9.80. The maximum absolute atomic E-state index is 2.50. The van der Waals surface area contributed by atoms with Crippen molar-refractivity contribution < 1.29 is 0 Å². The fraction of sp³-hybridized carbons (Fsp3) is 0.111. The summed E-state index contributed by atoms with van der Waals surface area (Å²) in [6.07, 6.45) is 0. The average molecular weight is 719 g/mol. The molecule has 0 spiro atoms. The summed E-state index contributed by atoms with van der Waals surface area (Å²) >= 11 is 0. The molecule has 8 aromatic carbocycles. The quantitative estimate of drug-likeness (QED) is 0.176. The number of benzene rings is 8. The predicted molar refractivity (Wildman–Crippen MR) is 236 cm³/mol. The van der Waals surface area contributed by atoms with Crippen molar-refractivity contribution in [2.24, 2.45) is 0 Å². The van der Waals surface area contributed by atoms with Crippen molar-refractivity contribution >= 4 is 38.9 Å². The van der Waals surface area contributed by atoms with Crippen molar-refractivity contribution in [3.8, 4) is 39.1 Å². The smallest absolute Gasteiger partial charge is 0.0582 e. The van der Waals surface area contributed by atoms with E-state index >= 15 is 0 Å². The molecule has 268 valence electrons. The Morgan fingerprint density at radius 2 is 0.893 bits per heavy atom. The van der Waals surface area contributed by atoms with Crippen LogP contribution in [0.2, 0.25) is 0 Å². The number of hydrogen-bond donors (Lipinski definition) is 0. The second-order valence-electron chi connectivity index (χ2n) is 16.6. The molecule has 0 fully saturated rings. The van der Waals surface area contributed by atoms with Gasteiger partial charge in [-0.2, -0.15) is 0 Å². The van der Waals surface area contributed by atoms with Gasteiger partial charge >= 0.3 is 0 Å². The standard InChI is InChI=1S/C54H42N2/c1-53(2)44-19-11-12-21-49(44)56-48-30-25-38(32-43(48)42-18-13-20-46(53)52(42)56)40-24-29-45-51(34-40)55(41-27-22-37(23-28-41)35-14-7-5-8-15-35)50-31-26-39(33-47(50)54(45,3)4)36-16-9-6-10-17-36/h5-34H,1-4H3. The molecule has 11 rings (SSSR count). The Kier molecular flexibility index (Phi) is 6.98. The molecule has 2 nitrogen and oxygen atoms in total. The van der Waals surface area contributed by atoms with E-state index in [0.29, 0.717) is 0 Å². The van der Waals surface area contributed by atoms with E-state index in [2.05, 4.69) is 219 Å². The van der Waals surface area contributed by atoms with E-state index in [-0.39, 0.29) is 10.8 Å². The zero-order valence-electron chi connectivity index (χ0n) is 32.2. The van der Waals surface area contributed by atoms with Crippen molar-refractivity contribution in [3.63, 3.8) is 0 Å². The number of anilines is 3. The van der Waals surface area contributed by atoms with Gasteiger partial charge in [0.25, 0.3) is 0 Å². The van der Waals surface area contributed by atoms with E-state index in [1.807, 2.05) is 0 Å². The normalized spacial score (nSPS) is 14.7. The van der Waals surface area contributed by atoms with Gasteiger partial charge in [0.15, 0.2) is 0 Å². The first kappa shape index (κ1) is 32.8. The predicted octanol–water partition coefficient (Wildman–Crippen LogP) is 14.5. The number of para-hydroxylation sites is 2. The number of aromatic nitrogens is 1. The summed E-state index contributed by atoms with van der Waals surface area (Å²) in [5.74, 6) is 0. The largest absolute Gasteiger partial charge is 0.310 e. The lowest BCUT2D eigenvalue weighted by Gasteiger charge is -2.42. The third-order valence-corrected chi connectivity index (χ3v) is 12.8. The van der Waals surface area contributed by atoms with Crippen LogP contribution < -0.4 is 4.90 Å². The lowest BCUT2D eigenvalue weighted by atomic mass is 9.72. The molecule has 1 aromatic heterocycles. The molecular weight excluding hydrogens is 677 g/mol. The Labute approximate surface area is 328 Å². The number of nitrogens with zero attached hydrogens (tertiary/aromatic N) is 2. The van der Waals surface area contributed by atoms with Crippen molar-refractivity contribution in [1.29, 1.82) is 0 Å². The highest BCUT2D eigenvalue weighted by molar-refractivity contribution is 6.12. The van der Waals surface area contributed by atoms with Crippen LogP contribution in [0.25, 0.3) is 60.9 Å². The van der Waals surface area contributed by atoms with Crippen molar-refractivity contribution in [3.05, 3.63) is 204 Å². The maximum atomic E-state index is 2.50. The average Bonchev–Trinajstić information content (AvgIpc) is 3.58. The Morgan fingerprint density at radius 3 is 1.66 bits per heavy atom. The number of fused-ring (bicyclic) bond motifs is 7. The van der Waals surface area contributed by atoms with Crippen LogP contribution in [-0.2, 0) is 10.8 Å². The molecule has 56 heavy (non-hydrogen) atoms. The SMILES string of the molecule is CC1(C)c2ccc(-c3ccc4c(c3)c3cccc5c3n4-c3ccccc3C5(C)C)cc2N(c2ccc(-c3ccccc3)cc2)c2ccc(-c3ccccc3)cc21. The molecule has 0 unspecified atom stereocenters. The van der Waals surface area contributed by atoms with Crippen LogP contribution in [0.1, 0.15) is 49.9 Å². The van der Waals surface area contributed by atoms with Crippen LogP contribution >= 0.6 is 0 Å². The van der Waals surface area contributed by atoms with Gasteiger partial charge in [-0.1, -0.05) is 161 Å². The van der Waals surface area contributed by atoms with Gasteiger partial charge in [0.2, 0.25) is 0 Å². The molecule has 2 aliphatic heterocycles. The molecule has 0 atom stereocenters. The van der Waals surface area contributed by atoms with Gasteiger partial charge in [-0.3, -0.25) is 0 Å². The Balaban J connectivity index is 1.10. The summed E-state index contributed by atoms with van der Waals surface area (Å²) in [5.41, 5.74) is 19.9. The van der Waals surface area contributed by atoms with E-state index < -0.39 is 0 Å². The van der Waals surface area contributed by atoms with Gasteiger partial charge in [-0.25, -0.2) is 0 Å². The Hall–Kier alpha value is -6.64. The molecule has 0 amide bonds. The first-order valence-electron chi connectivity index (χ1n) is 19.8. The van der Waals surface area contributed by atoms with E-state index in [1.165, 1.54) is 94.5 Å². The lowest BCUT2D eigenvalue weighted by molar-refractivity contribution is 0.630. The summed E-state index contributed by atoms with van der Waals surface area (Å²) in [6.45, 7) is 9.50. The zero-order chi connectivity index (χ0) is 37.8. The van der Waals surface area contributed by atoms with Gasteiger partial charge < -0.3 is 9.47 Å². The van der Waals surface area contributed by atoms with Crippen LogP contribution in [-0.4, -0.2) is 4.57 Å². The highest BCUT2D eigenvalue weighted by Crippen LogP contribution is 2.54. The molecule has 0 radical (unpaired) electrons. The van der Waals surface area contributed by atoms with Crippen molar-refractivity contribution in [1.82, 2.24) is 4.57 Å². The summed E-state index contributed by atoms with van der Waals surface area (Å²) in [5, 5.41) is 2.60. The van der Waals surface area contributed by atoms with Crippen LogP contribution in [0.5, 0.6) is 0 Å². The number of rotatable bonds is 4. The second-order valence-corrected chi connectivity index (χ2v) is 16.6. The number of hydrogen-bond acceptors (Lipinski definition) is 1. The molecule has 9 aromatic rings. The third kappa shape index (κ3) is 4.69. The third-order valence-electron chi connectivity index (χ3n) is 12.8. The lowest BCUT2D eigenvalue weighted by Crippen LogP contribution is -2.30. The Morgan fingerprint density at radius 1 is 0.339 bits per heavy atom. The van der Waals surface area contributed by atoms with Gasteiger partial charge in [0, 0.05) is 27.3 Å². The summed E-state index contributed by atoms with van der Waals surface area (Å²) in [7, 11) is 0. The van der Waals surface area contributed by atoms with Crippen LogP contribution in [0.4, 0.5) is 17.1 Å². The first-order chi connectivity index (χ1) is 27.3. The molecule has 3 heterocycles. The van der Waals surface area contributed by atoms with Crippen LogP contribution in [0.3, 0.4) is 0 Å². The summed E-state index contributed by atoms with van der Waals surface area (Å²) in [4.78, 5) is 2.49. The monoisotopic (exact) mass is 718 g/mol. The van der Waals surface area contributed by atoms with Crippen LogP contribution in [0.15, 0.2) is 182 Å².